The molecule has 5 nitrogen and oxygen atoms in total. The van der Waals surface area contributed by atoms with E-state index in [1.165, 1.54) is 0 Å². The maximum atomic E-state index is 9.79. The van der Waals surface area contributed by atoms with Crippen LogP contribution in [0.1, 0.15) is 11.0 Å². The molecule has 0 aliphatic carbocycles. The first-order valence-corrected chi connectivity index (χ1v) is 32.3. The zero-order valence-electron chi connectivity index (χ0n) is 59.4. The van der Waals surface area contributed by atoms with Gasteiger partial charge in [-0.2, -0.15) is 0 Å². The Kier molecular flexibility index (Phi) is 10.4. The lowest BCUT2D eigenvalue weighted by atomic mass is 9.33. The van der Waals surface area contributed by atoms with Crippen LogP contribution in [0, 0.1) is 0 Å². The smallest absolute Gasteiger partial charge is 0.252 e. The van der Waals surface area contributed by atoms with E-state index in [2.05, 4.69) is 246 Å². The van der Waals surface area contributed by atoms with Crippen molar-refractivity contribution < 1.29 is 19.8 Å². The van der Waals surface area contributed by atoms with Crippen LogP contribution in [0.5, 0.6) is 0 Å². The summed E-state index contributed by atoms with van der Waals surface area (Å²) in [5.74, 6) is 0. The minimum absolute atomic E-state index is 0.00164. The van der Waals surface area contributed by atoms with Crippen LogP contribution < -0.4 is 26.2 Å². The summed E-state index contributed by atoms with van der Waals surface area (Å²) >= 11 is 0. The zero-order chi connectivity index (χ0) is 69.9. The number of rotatable bonds is 9. The first-order valence-electron chi connectivity index (χ1n) is 36.3. The molecule has 0 spiro atoms. The molecule has 6 heteroatoms. The molecule has 2 aliphatic rings. The Labute approximate surface area is 566 Å². The number of nitrogens with zero attached hydrogens (tertiary/aromatic N) is 3. The minimum atomic E-state index is -0.517. The van der Waals surface area contributed by atoms with Gasteiger partial charge >= 0.3 is 0 Å². The van der Waals surface area contributed by atoms with Gasteiger partial charge in [0.05, 0.1) is 33.4 Å². The van der Waals surface area contributed by atoms with E-state index >= 15 is 0 Å². The van der Waals surface area contributed by atoms with Gasteiger partial charge in [0, 0.05) is 83.0 Å². The van der Waals surface area contributed by atoms with Gasteiger partial charge in [-0.25, -0.2) is 0 Å². The van der Waals surface area contributed by atoms with Gasteiger partial charge in [-0.05, 0) is 140 Å². The molecule has 446 valence electrons. The summed E-state index contributed by atoms with van der Waals surface area (Å²) in [6, 6.07) is 98.6. The highest BCUT2D eigenvalue weighted by molar-refractivity contribution is 7.00. The van der Waals surface area contributed by atoms with E-state index in [9.17, 15) is 8.22 Å². The summed E-state index contributed by atoms with van der Waals surface area (Å²) in [7, 11) is 0. The van der Waals surface area contributed by atoms with Crippen LogP contribution in [0.25, 0.3) is 138 Å². The lowest BCUT2D eigenvalue weighted by molar-refractivity contribution is 0.668. The Morgan fingerprint density at radius 1 is 0.271 bits per heavy atom. The monoisotopic (exact) mass is 1230 g/mol. The third kappa shape index (κ3) is 8.32. The lowest BCUT2D eigenvalue weighted by Gasteiger charge is -2.46. The number of para-hydroxylation sites is 6. The van der Waals surface area contributed by atoms with E-state index in [1.54, 1.807) is 4.57 Å². The van der Waals surface area contributed by atoms with Crippen molar-refractivity contribution in [2.75, 3.05) is 9.80 Å². The van der Waals surface area contributed by atoms with Crippen LogP contribution in [-0.4, -0.2) is 11.3 Å². The zero-order valence-corrected chi connectivity index (χ0v) is 51.4. The van der Waals surface area contributed by atoms with E-state index in [0.29, 0.717) is 5.69 Å². The molecule has 0 atom stereocenters. The second-order valence-electron chi connectivity index (χ2n) is 24.8. The molecule has 0 saturated carbocycles. The molecule has 2 aliphatic heterocycles. The molecule has 0 amide bonds. The molecule has 0 fully saturated rings. The lowest BCUT2D eigenvalue weighted by Crippen LogP contribution is -2.61. The second kappa shape index (κ2) is 21.5. The first-order chi connectivity index (χ1) is 50.9. The van der Waals surface area contributed by atoms with Crippen molar-refractivity contribution in [1.29, 1.82) is 0 Å². The number of hydrogen-bond acceptors (Lipinski definition) is 4. The topological polar surface area (TPSA) is 37.7 Å². The molecule has 15 aromatic carbocycles. The van der Waals surface area contributed by atoms with Crippen LogP contribution in [0.15, 0.2) is 348 Å². The summed E-state index contributed by atoms with van der Waals surface area (Å²) < 4.78 is 89.8. The van der Waals surface area contributed by atoms with Crippen molar-refractivity contribution in [3.05, 3.63) is 340 Å². The molecule has 96 heavy (non-hydrogen) atoms. The Bertz CT molecular complexity index is 6490. The number of benzene rings is 15. The van der Waals surface area contributed by atoms with Gasteiger partial charge in [0.1, 0.15) is 22.3 Å². The van der Waals surface area contributed by atoms with Crippen molar-refractivity contribution in [3.63, 3.8) is 0 Å². The molecular weight excluding hydrogens is 1170 g/mol. The fourth-order valence-electron chi connectivity index (χ4n) is 15.4. The molecule has 18 aromatic rings. The normalized spacial score (nSPS) is 13.7. The first kappa shape index (κ1) is 46.4. The molecule has 0 bridgehead atoms. The summed E-state index contributed by atoms with van der Waals surface area (Å²) in [5, 5.41) is 3.98. The number of furan rings is 2. The predicted molar refractivity (Wildman–Crippen MR) is 402 cm³/mol. The quantitative estimate of drug-likeness (QED) is 0.135. The fraction of sp³-hybridized carbons (Fsp3) is 0. The van der Waals surface area contributed by atoms with Gasteiger partial charge in [-0.15, -0.1) is 0 Å². The SMILES string of the molecule is [2H]c1c([2H])c([2H])c2c(c1[2H])c1c([2H])c([2H])c([2H])c([2H])c1n2-c1ccc2c(c1)N(c1c(-c3ccccc3)cccc1-c1ccccc1)c1cc(-c3ccc4oc5ccccc5c4c3)cc3c1B2c1ccc(-c2ccc4oc5ccccc5c4c2)cc1N3c1c(-c2ccccc2)cccc1-c1ccccc1. The van der Waals surface area contributed by atoms with Gasteiger partial charge in [0.25, 0.3) is 6.71 Å². The Balaban J connectivity index is 0.974. The molecule has 0 N–H and O–H groups in total. The van der Waals surface area contributed by atoms with Gasteiger partial charge in [0.15, 0.2) is 0 Å². The third-order valence-electron chi connectivity index (χ3n) is 19.6. The van der Waals surface area contributed by atoms with Crippen molar-refractivity contribution >= 4 is 123 Å². The largest absolute Gasteiger partial charge is 0.456 e. The fourth-order valence-corrected chi connectivity index (χ4v) is 15.4. The third-order valence-corrected chi connectivity index (χ3v) is 19.6. The van der Waals surface area contributed by atoms with Gasteiger partial charge in [0.2, 0.25) is 0 Å². The van der Waals surface area contributed by atoms with Crippen molar-refractivity contribution in [2.45, 2.75) is 0 Å². The van der Waals surface area contributed by atoms with Crippen LogP contribution in [0.4, 0.5) is 34.1 Å². The van der Waals surface area contributed by atoms with E-state index in [1.807, 2.05) is 54.6 Å². The molecule has 0 radical (unpaired) electrons. The van der Waals surface area contributed by atoms with Gasteiger partial charge in [-0.3, -0.25) is 0 Å². The standard InChI is InChI=1S/C90H56BN3O2/c1-5-23-57(24-6-1)66-35-21-36-67(58-25-7-2-8-26-58)89(66)93-80-53-63(61-44-49-86-74(51-61)72-33-15-19-41-84(72)95-86)43-47-76(80)91-77-48-46-65(92-78-39-17-13-31-70(78)71-32-14-18-40-79(71)92)56-81(77)94(90-68(59-27-9-3-10-28-59)37-22-38-69(90)60-29-11-4-12-30-60)83-55-64(54-82(93)88(83)91)62-45-50-87-75(52-62)73-34-16-20-42-85(73)96-87/h1-56H/i13D,14D,17D,18D,31D,32D,39D,40D. The number of aromatic nitrogens is 1. The van der Waals surface area contributed by atoms with Gasteiger partial charge < -0.3 is 23.2 Å². The number of anilines is 6. The summed E-state index contributed by atoms with van der Waals surface area (Å²) in [5.41, 5.74) is 23.5. The van der Waals surface area contributed by atoms with E-state index in [-0.39, 0.29) is 33.9 Å². The Morgan fingerprint density at radius 3 is 1.12 bits per heavy atom. The Hall–Kier alpha value is -12.6. The van der Waals surface area contributed by atoms with Crippen LogP contribution in [0.3, 0.4) is 0 Å². The molecule has 0 unspecified atom stereocenters. The molecule has 0 saturated heterocycles. The van der Waals surface area contributed by atoms with Crippen LogP contribution >= 0.6 is 0 Å². The maximum absolute atomic E-state index is 9.79. The molecule has 5 heterocycles. The number of hydrogen-bond donors (Lipinski definition) is 0. The average molecular weight is 1230 g/mol. The van der Waals surface area contributed by atoms with E-state index in [0.717, 1.165) is 161 Å². The van der Waals surface area contributed by atoms with Crippen molar-refractivity contribution in [1.82, 2.24) is 4.57 Å². The van der Waals surface area contributed by atoms with Crippen molar-refractivity contribution in [3.8, 4) is 72.4 Å². The molecular formula is C90H56BN3O2. The highest BCUT2D eigenvalue weighted by Gasteiger charge is 2.46. The van der Waals surface area contributed by atoms with Gasteiger partial charge in [-0.1, -0.05) is 261 Å². The van der Waals surface area contributed by atoms with E-state index in [4.69, 9.17) is 11.6 Å². The van der Waals surface area contributed by atoms with E-state index < -0.39 is 43.0 Å². The maximum Gasteiger partial charge on any atom is 0.252 e. The van der Waals surface area contributed by atoms with Crippen LogP contribution in [-0.2, 0) is 0 Å². The predicted octanol–water partition coefficient (Wildman–Crippen LogP) is 22.7. The minimum Gasteiger partial charge on any atom is -0.456 e. The highest BCUT2D eigenvalue weighted by Crippen LogP contribution is 2.55. The highest BCUT2D eigenvalue weighted by atomic mass is 16.3. The molecule has 20 rings (SSSR count). The number of fused-ring (bicyclic) bond motifs is 13. The molecule has 3 aromatic heterocycles. The van der Waals surface area contributed by atoms with Crippen molar-refractivity contribution in [2.24, 2.45) is 0 Å². The summed E-state index contributed by atoms with van der Waals surface area (Å²) in [6.07, 6.45) is 0. The summed E-state index contributed by atoms with van der Waals surface area (Å²) in [6.45, 7) is -0.517. The Morgan fingerprint density at radius 2 is 0.646 bits per heavy atom. The van der Waals surface area contributed by atoms with Crippen LogP contribution in [0.2, 0.25) is 0 Å². The average Bonchev–Trinajstić information content (AvgIpc) is 1.66. The second-order valence-corrected chi connectivity index (χ2v) is 24.8. The summed E-state index contributed by atoms with van der Waals surface area (Å²) in [4.78, 5) is 4.92.